The molecule has 1 amide bonds. The Morgan fingerprint density at radius 3 is 2.39 bits per heavy atom. The Morgan fingerprint density at radius 2 is 1.83 bits per heavy atom. The monoisotopic (exact) mass is 321 g/mol. The lowest BCUT2D eigenvalue weighted by Gasteiger charge is -2.22. The predicted molar refractivity (Wildman–Crippen MR) is 84.7 cm³/mol. The van der Waals surface area contributed by atoms with E-state index in [2.05, 4.69) is 0 Å². The molecule has 1 aromatic rings. The van der Waals surface area contributed by atoms with E-state index in [1.807, 2.05) is 30.3 Å². The summed E-state index contributed by atoms with van der Waals surface area (Å²) in [5.74, 6) is -0.427. The van der Waals surface area contributed by atoms with Crippen LogP contribution < -0.4 is 0 Å². The number of esters is 1. The molecule has 126 valence electrons. The first kappa shape index (κ1) is 18.7. The standard InChI is InChI=1S/C17H23NO5/c1-17(2,3)23-15(20)9-10-18(11-12-19)16(21)22-13-14-7-5-4-6-8-14/h4-8,12H,9-11,13H2,1-3H3. The molecule has 23 heavy (non-hydrogen) atoms. The second-order valence-corrected chi connectivity index (χ2v) is 5.99. The normalized spacial score (nSPS) is 10.7. The molecule has 0 spiro atoms. The first-order chi connectivity index (χ1) is 10.8. The lowest BCUT2D eigenvalue weighted by atomic mass is 10.2. The summed E-state index contributed by atoms with van der Waals surface area (Å²) in [6.07, 6.45) is -0.0331. The number of hydrogen-bond donors (Lipinski definition) is 0. The third kappa shape index (κ3) is 7.99. The van der Waals surface area contributed by atoms with E-state index >= 15 is 0 Å². The number of hydrogen-bond acceptors (Lipinski definition) is 5. The van der Waals surface area contributed by atoms with Crippen molar-refractivity contribution in [3.63, 3.8) is 0 Å². The van der Waals surface area contributed by atoms with Gasteiger partial charge in [0.1, 0.15) is 18.5 Å². The van der Waals surface area contributed by atoms with E-state index < -0.39 is 17.7 Å². The van der Waals surface area contributed by atoms with Gasteiger partial charge in [0, 0.05) is 6.54 Å². The average Bonchev–Trinajstić information content (AvgIpc) is 2.48. The van der Waals surface area contributed by atoms with Crippen LogP contribution in [-0.4, -0.2) is 41.9 Å². The fourth-order valence-corrected chi connectivity index (χ4v) is 1.78. The molecule has 6 heteroatoms. The Kier molecular flexibility index (Phi) is 7.25. The summed E-state index contributed by atoms with van der Waals surface area (Å²) in [4.78, 5) is 35.6. The Hall–Kier alpha value is -2.37. The SMILES string of the molecule is CC(C)(C)OC(=O)CCN(CC=O)C(=O)OCc1ccccc1. The van der Waals surface area contributed by atoms with E-state index in [-0.39, 0.29) is 26.1 Å². The molecule has 1 rings (SSSR count). The predicted octanol–water partition coefficient (Wildman–Crippen LogP) is 2.56. The van der Waals surface area contributed by atoms with Crippen molar-refractivity contribution in [3.8, 4) is 0 Å². The lowest BCUT2D eigenvalue weighted by molar-refractivity contribution is -0.155. The minimum Gasteiger partial charge on any atom is -0.460 e. The number of ether oxygens (including phenoxy) is 2. The van der Waals surface area contributed by atoms with Crippen LogP contribution in [0.15, 0.2) is 30.3 Å². The van der Waals surface area contributed by atoms with Crippen LogP contribution >= 0.6 is 0 Å². The zero-order valence-electron chi connectivity index (χ0n) is 13.8. The smallest absolute Gasteiger partial charge is 0.410 e. The maximum Gasteiger partial charge on any atom is 0.410 e. The van der Waals surface area contributed by atoms with Crippen molar-refractivity contribution in [2.24, 2.45) is 0 Å². The topological polar surface area (TPSA) is 72.9 Å². The van der Waals surface area contributed by atoms with E-state index in [1.54, 1.807) is 20.8 Å². The number of nitrogens with zero attached hydrogens (tertiary/aromatic N) is 1. The molecule has 0 saturated heterocycles. The molecule has 0 aliphatic heterocycles. The summed E-state index contributed by atoms with van der Waals surface area (Å²) in [6, 6.07) is 9.21. The van der Waals surface area contributed by atoms with Gasteiger partial charge in [0.2, 0.25) is 0 Å². The van der Waals surface area contributed by atoms with E-state index in [1.165, 1.54) is 4.90 Å². The highest BCUT2D eigenvalue weighted by Crippen LogP contribution is 2.09. The highest BCUT2D eigenvalue weighted by Gasteiger charge is 2.20. The third-order valence-electron chi connectivity index (χ3n) is 2.76. The van der Waals surface area contributed by atoms with Gasteiger partial charge in [-0.25, -0.2) is 4.79 Å². The molecule has 0 aliphatic rings. The summed E-state index contributed by atoms with van der Waals surface area (Å²) in [5, 5.41) is 0. The Morgan fingerprint density at radius 1 is 1.17 bits per heavy atom. The first-order valence-electron chi connectivity index (χ1n) is 7.43. The van der Waals surface area contributed by atoms with Gasteiger partial charge in [-0.1, -0.05) is 30.3 Å². The molecule has 0 radical (unpaired) electrons. The van der Waals surface area contributed by atoms with Crippen molar-refractivity contribution in [1.82, 2.24) is 4.90 Å². The molecule has 0 aliphatic carbocycles. The number of rotatable bonds is 7. The molecule has 0 aromatic heterocycles. The van der Waals surface area contributed by atoms with Crippen molar-refractivity contribution >= 4 is 18.3 Å². The molecule has 0 fully saturated rings. The molecule has 6 nitrogen and oxygen atoms in total. The van der Waals surface area contributed by atoms with Crippen LogP contribution in [0.3, 0.4) is 0 Å². The van der Waals surface area contributed by atoms with Crippen molar-refractivity contribution in [1.29, 1.82) is 0 Å². The largest absolute Gasteiger partial charge is 0.460 e. The van der Waals surface area contributed by atoms with Gasteiger partial charge in [0.05, 0.1) is 13.0 Å². The molecule has 0 bridgehead atoms. The van der Waals surface area contributed by atoms with Gasteiger partial charge in [0.15, 0.2) is 0 Å². The highest BCUT2D eigenvalue weighted by atomic mass is 16.6. The van der Waals surface area contributed by atoms with Gasteiger partial charge in [-0.3, -0.25) is 4.79 Å². The van der Waals surface area contributed by atoms with E-state index in [9.17, 15) is 14.4 Å². The maximum atomic E-state index is 12.0. The van der Waals surface area contributed by atoms with Gasteiger partial charge >= 0.3 is 12.1 Å². The second kappa shape index (κ2) is 8.92. The van der Waals surface area contributed by atoms with Crippen LogP contribution in [-0.2, 0) is 25.7 Å². The summed E-state index contributed by atoms with van der Waals surface area (Å²) in [7, 11) is 0. The lowest BCUT2D eigenvalue weighted by Crippen LogP contribution is -2.36. The molecule has 0 unspecified atom stereocenters. The van der Waals surface area contributed by atoms with E-state index in [0.717, 1.165) is 5.56 Å². The minimum absolute atomic E-state index is 0.00550. The average molecular weight is 321 g/mol. The number of carbonyl (C=O) groups excluding carboxylic acids is 3. The third-order valence-corrected chi connectivity index (χ3v) is 2.76. The van der Waals surface area contributed by atoms with Crippen molar-refractivity contribution in [3.05, 3.63) is 35.9 Å². The van der Waals surface area contributed by atoms with E-state index in [0.29, 0.717) is 6.29 Å². The molecule has 0 atom stereocenters. The van der Waals surface area contributed by atoms with Gasteiger partial charge in [-0.15, -0.1) is 0 Å². The summed E-state index contributed by atoms with van der Waals surface area (Å²) in [5.41, 5.74) is 0.263. The van der Waals surface area contributed by atoms with Gasteiger partial charge in [-0.2, -0.15) is 0 Å². The molecule has 1 aromatic carbocycles. The second-order valence-electron chi connectivity index (χ2n) is 5.99. The number of aldehydes is 1. The van der Waals surface area contributed by atoms with Gasteiger partial charge in [0.25, 0.3) is 0 Å². The quantitative estimate of drug-likeness (QED) is 0.570. The molecular weight excluding hydrogens is 298 g/mol. The highest BCUT2D eigenvalue weighted by molar-refractivity contribution is 5.74. The van der Waals surface area contributed by atoms with Crippen LogP contribution in [0.5, 0.6) is 0 Å². The molecule has 0 saturated carbocycles. The zero-order chi connectivity index (χ0) is 17.3. The van der Waals surface area contributed by atoms with Gasteiger partial charge < -0.3 is 19.2 Å². The molecule has 0 heterocycles. The molecular formula is C17H23NO5. The van der Waals surface area contributed by atoms with Gasteiger partial charge in [-0.05, 0) is 26.3 Å². The van der Waals surface area contributed by atoms with Crippen LogP contribution in [0.1, 0.15) is 32.8 Å². The van der Waals surface area contributed by atoms with Crippen molar-refractivity contribution in [2.45, 2.75) is 39.4 Å². The minimum atomic E-state index is -0.635. The number of amides is 1. The zero-order valence-corrected chi connectivity index (χ0v) is 13.8. The van der Waals surface area contributed by atoms with Crippen molar-refractivity contribution in [2.75, 3.05) is 13.1 Å². The fourth-order valence-electron chi connectivity index (χ4n) is 1.78. The Labute approximate surface area is 136 Å². The van der Waals surface area contributed by atoms with Crippen LogP contribution in [0.2, 0.25) is 0 Å². The first-order valence-corrected chi connectivity index (χ1v) is 7.43. The maximum absolute atomic E-state index is 12.0. The fraction of sp³-hybridized carbons (Fsp3) is 0.471. The summed E-state index contributed by atoms with van der Waals surface area (Å²) < 4.78 is 10.3. The van der Waals surface area contributed by atoms with E-state index in [4.69, 9.17) is 9.47 Å². The summed E-state index contributed by atoms with van der Waals surface area (Å²) in [6.45, 7) is 5.35. The van der Waals surface area contributed by atoms with Crippen LogP contribution in [0, 0.1) is 0 Å². The molecule has 0 N–H and O–H groups in total. The summed E-state index contributed by atoms with van der Waals surface area (Å²) >= 11 is 0. The van der Waals surface area contributed by atoms with Crippen molar-refractivity contribution < 1.29 is 23.9 Å². The number of benzene rings is 1. The number of carbonyl (C=O) groups is 3. The Balaban J connectivity index is 2.48. The Bertz CT molecular complexity index is 522. The van der Waals surface area contributed by atoms with Crippen LogP contribution in [0.4, 0.5) is 4.79 Å². The van der Waals surface area contributed by atoms with Crippen LogP contribution in [0.25, 0.3) is 0 Å².